The zero-order chi connectivity index (χ0) is 84.1. The van der Waals surface area contributed by atoms with Crippen LogP contribution in [-0.2, 0) is 10.8 Å². The van der Waals surface area contributed by atoms with Gasteiger partial charge in [0, 0.05) is 80.8 Å². The monoisotopic (exact) mass is 1820 g/mol. The van der Waals surface area contributed by atoms with Crippen LogP contribution in [0.2, 0.25) is 0 Å². The van der Waals surface area contributed by atoms with Crippen LogP contribution in [0.1, 0.15) is 52.7 Å². The number of nitrogen functional groups attached to an aromatic ring is 1. The molecule has 0 atom stereocenters. The lowest BCUT2D eigenvalue weighted by atomic mass is 9.85. The summed E-state index contributed by atoms with van der Waals surface area (Å²) in [4.78, 5) is 7.11. The summed E-state index contributed by atoms with van der Waals surface area (Å²) in [5.41, 5.74) is 30.5. The molecule has 0 fully saturated rings. The van der Waals surface area contributed by atoms with Gasteiger partial charge in [0.15, 0.2) is 0 Å². The molecule has 0 aromatic heterocycles. The predicted molar refractivity (Wildman–Crippen MR) is 541 cm³/mol. The summed E-state index contributed by atoms with van der Waals surface area (Å²) in [6.45, 7) is 13.7. The van der Waals surface area contributed by atoms with E-state index in [2.05, 4.69) is 510 Å². The van der Waals surface area contributed by atoms with Gasteiger partial charge < -0.3 is 25.8 Å². The van der Waals surface area contributed by atoms with E-state index in [4.69, 9.17) is 5.73 Å². The van der Waals surface area contributed by atoms with Crippen molar-refractivity contribution in [2.75, 3.05) is 25.8 Å². The molecule has 5 nitrogen and oxygen atoms in total. The zero-order valence-electron chi connectivity index (χ0n) is 69.2. The first kappa shape index (κ1) is 82.6. The van der Waals surface area contributed by atoms with Crippen LogP contribution >= 0.6 is 54.5 Å². The Hall–Kier alpha value is -13.1. The number of rotatable bonds is 15. The number of nitrogens with zero attached hydrogens (tertiary/aromatic N) is 3. The van der Waals surface area contributed by atoms with Crippen LogP contribution in [0.5, 0.6) is 0 Å². The fourth-order valence-electron chi connectivity index (χ4n) is 16.1. The molecule has 19 rings (SSSR count). The fraction of sp³-hybridized carbons (Fsp3) is 0.0702. The van der Waals surface area contributed by atoms with Crippen molar-refractivity contribution >= 4 is 166 Å². The van der Waals surface area contributed by atoms with Crippen molar-refractivity contribution in [3.8, 4) is 44.5 Å². The maximum Gasteiger partial charge on any atom is 0.0485 e. The summed E-state index contributed by atoms with van der Waals surface area (Å²) in [6.07, 6.45) is 0. The lowest BCUT2D eigenvalue weighted by Crippen LogP contribution is -2.17. The molecule has 19 aromatic rings. The van der Waals surface area contributed by atoms with Gasteiger partial charge in [0.1, 0.15) is 0 Å². The molecule has 0 aliphatic carbocycles. The Morgan fingerprint density at radius 2 is 0.500 bits per heavy atom. The molecule has 0 aliphatic rings. The fourth-order valence-corrected chi connectivity index (χ4v) is 17.8. The summed E-state index contributed by atoms with van der Waals surface area (Å²) in [5, 5.41) is 13.7. The average molecular weight is 1820 g/mol. The lowest BCUT2D eigenvalue weighted by molar-refractivity contribution is 0.590. The molecule has 19 aromatic carbocycles. The molecule has 3 N–H and O–H groups in total. The molecule has 0 heterocycles. The topological polar surface area (TPSA) is 47.8 Å². The van der Waals surface area contributed by atoms with E-state index in [1.54, 1.807) is 0 Å². The molecule has 0 bridgehead atoms. The van der Waals surface area contributed by atoms with Crippen molar-refractivity contribution in [1.29, 1.82) is 0 Å². The molecule has 0 spiro atoms. The molecular formula is C114H94Br2IN5. The van der Waals surface area contributed by atoms with Gasteiger partial charge in [-0.05, 0) is 290 Å². The molecule has 0 aliphatic heterocycles. The maximum absolute atomic E-state index is 5.36. The number of hydrogen-bond donors (Lipinski definition) is 2. The first-order valence-electron chi connectivity index (χ1n) is 41.3. The minimum atomic E-state index is -0.107. The van der Waals surface area contributed by atoms with Crippen molar-refractivity contribution in [1.82, 2.24) is 0 Å². The molecule has 0 radical (unpaired) electrons. The number of para-hydroxylation sites is 5. The average Bonchev–Trinajstić information content (AvgIpc) is 0.738. The summed E-state index contributed by atoms with van der Waals surface area (Å²) in [6, 6.07) is 158. The van der Waals surface area contributed by atoms with Gasteiger partial charge in [-0.15, -0.1) is 0 Å². The minimum absolute atomic E-state index is 0.0383. The number of nitrogens with one attached hydrogen (secondary N) is 1. The molecule has 596 valence electrons. The van der Waals surface area contributed by atoms with Crippen LogP contribution in [0.3, 0.4) is 0 Å². The molecule has 0 saturated heterocycles. The van der Waals surface area contributed by atoms with Gasteiger partial charge >= 0.3 is 0 Å². The number of anilines is 12. The number of nitrogens with two attached hydrogens (primary N) is 1. The third-order valence-corrected chi connectivity index (χ3v) is 23.6. The Kier molecular flexibility index (Phi) is 25.5. The molecule has 8 heteroatoms. The Labute approximate surface area is 748 Å². The summed E-state index contributed by atoms with van der Waals surface area (Å²) < 4.78 is 3.44. The summed E-state index contributed by atoms with van der Waals surface area (Å²) >= 11 is 9.38. The van der Waals surface area contributed by atoms with Crippen LogP contribution in [0.4, 0.5) is 68.2 Å². The van der Waals surface area contributed by atoms with E-state index in [1.165, 1.54) is 102 Å². The largest absolute Gasteiger partial charge is 0.399 e. The summed E-state index contributed by atoms with van der Waals surface area (Å²) in [5.74, 6) is 0. The first-order valence-corrected chi connectivity index (χ1v) is 44.0. The molecule has 0 saturated carbocycles. The second-order valence-electron chi connectivity index (χ2n) is 32.3. The Morgan fingerprint density at radius 3 is 0.811 bits per heavy atom. The highest BCUT2D eigenvalue weighted by molar-refractivity contribution is 14.1. The van der Waals surface area contributed by atoms with Crippen LogP contribution in [-0.4, -0.2) is 0 Å². The van der Waals surface area contributed by atoms with E-state index in [-0.39, 0.29) is 10.8 Å². The molecule has 0 unspecified atom stereocenters. The highest BCUT2D eigenvalue weighted by atomic mass is 127. The van der Waals surface area contributed by atoms with E-state index in [1.807, 2.05) is 48.5 Å². The number of fused-ring (bicyclic) bond motifs is 4. The number of benzene rings is 19. The smallest absolute Gasteiger partial charge is 0.0485 e. The summed E-state index contributed by atoms with van der Waals surface area (Å²) in [7, 11) is 0. The van der Waals surface area contributed by atoms with Gasteiger partial charge in [-0.3, -0.25) is 0 Å². The van der Waals surface area contributed by atoms with E-state index < -0.39 is 0 Å². The first-order chi connectivity index (χ1) is 59.4. The lowest BCUT2D eigenvalue weighted by Gasteiger charge is -2.32. The van der Waals surface area contributed by atoms with Gasteiger partial charge in [0.05, 0.1) is 0 Å². The zero-order valence-corrected chi connectivity index (χ0v) is 74.5. The van der Waals surface area contributed by atoms with Crippen molar-refractivity contribution in [2.24, 2.45) is 0 Å². The maximum atomic E-state index is 5.36. The number of halogens is 3. The van der Waals surface area contributed by atoms with Crippen molar-refractivity contribution in [3.05, 3.63) is 466 Å². The van der Waals surface area contributed by atoms with Gasteiger partial charge in [0.2, 0.25) is 0 Å². The Balaban J connectivity index is 0.000000155. The Morgan fingerprint density at radius 1 is 0.230 bits per heavy atom. The second-order valence-corrected chi connectivity index (χ2v) is 35.4. The van der Waals surface area contributed by atoms with E-state index >= 15 is 0 Å². The molecule has 122 heavy (non-hydrogen) atoms. The van der Waals surface area contributed by atoms with E-state index in [0.29, 0.717) is 0 Å². The van der Waals surface area contributed by atoms with Gasteiger partial charge in [0.25, 0.3) is 0 Å². The highest BCUT2D eigenvalue weighted by Crippen LogP contribution is 2.50. The quantitative estimate of drug-likeness (QED) is 0.0609. The minimum Gasteiger partial charge on any atom is -0.399 e. The molecular weight excluding hydrogens is 1730 g/mol. The van der Waals surface area contributed by atoms with Crippen molar-refractivity contribution in [3.63, 3.8) is 0 Å². The van der Waals surface area contributed by atoms with Crippen LogP contribution in [0.15, 0.2) is 452 Å². The van der Waals surface area contributed by atoms with Gasteiger partial charge in [-0.25, -0.2) is 0 Å². The third kappa shape index (κ3) is 19.0. The van der Waals surface area contributed by atoms with Crippen molar-refractivity contribution < 1.29 is 0 Å². The Bertz CT molecular complexity index is 6630. The second kappa shape index (κ2) is 37.7. The van der Waals surface area contributed by atoms with Gasteiger partial charge in [-0.2, -0.15) is 0 Å². The van der Waals surface area contributed by atoms with Crippen LogP contribution < -0.4 is 25.8 Å². The number of hydrogen-bond acceptors (Lipinski definition) is 5. The normalized spacial score (nSPS) is 11.2. The van der Waals surface area contributed by atoms with Crippen molar-refractivity contribution in [2.45, 2.75) is 52.4 Å². The SMILES string of the molecule is Brc1cccc(I)c1.CC(C)(C)c1cc(N(c2ccccc2)c2ccc(-c3c4ccccc4c(-c4ccccc4)c4ccccc34)cc2)cc(N(c2ccccc2)c2cccc(Br)c2)c1.CC(C)(C)c1cc(Nc2ccccc2)cc(N(c2ccccc2)c2ccc(-c3c4ccccc4c(-c4ccccc4)c4ccccc34)cc2)c1.Nc1ccccc1. The van der Waals surface area contributed by atoms with E-state index in [9.17, 15) is 0 Å². The molecule has 0 amide bonds. The predicted octanol–water partition coefficient (Wildman–Crippen LogP) is 34.5. The third-order valence-electron chi connectivity index (χ3n) is 21.9. The van der Waals surface area contributed by atoms with Gasteiger partial charge in [-0.1, -0.05) is 359 Å². The standard InChI is InChI=1S/C54H43BrN2.C48H40N2.C6H4BrI.C6H7N/c1-54(2,3)40-34-46(37-47(35-40)57(43-23-11-6-12-24-43)45-25-17-20-41(55)36-45)56(42-21-9-5-10-22-42)44-32-30-39(31-33-44)53-50-28-15-13-26-48(50)52(38-18-7-4-8-19-38)49-27-14-16-29-51(49)53;1-48(2,3)36-31-38(49-37-19-9-5-10-20-37)33-41(32-36)50(39-21-11-6-12-22-39)40-29-27-35(28-30-40)47-44-25-15-13-23-42(44)46(34-17-7-4-8-18-34)43-24-14-16-26-45(43)47;7-5-2-1-3-6(8)4-5;7-6-4-2-1-3-5-6/h4-37H,1-3H3;4-33,49H,1-3H3;1-4H;1-5H,7H2. The van der Waals surface area contributed by atoms with Crippen LogP contribution in [0, 0.1) is 3.57 Å². The van der Waals surface area contributed by atoms with Crippen LogP contribution in [0.25, 0.3) is 87.6 Å². The highest BCUT2D eigenvalue weighted by Gasteiger charge is 2.26. The van der Waals surface area contributed by atoms with E-state index in [0.717, 1.165) is 77.2 Å².